The number of benzene rings is 3. The van der Waals surface area contributed by atoms with Gasteiger partial charge in [-0.25, -0.2) is 0 Å². The number of likely N-dealkylation sites (N-methyl/N-ethyl adjacent to an activating group) is 1. The van der Waals surface area contributed by atoms with Gasteiger partial charge in [0.25, 0.3) is 5.91 Å². The molecule has 0 saturated carbocycles. The molecule has 1 fully saturated rings. The molecule has 2 aliphatic heterocycles. The number of likely N-dealkylation sites (tertiary alicyclic amines) is 1. The summed E-state index contributed by atoms with van der Waals surface area (Å²) in [6.07, 6.45) is 2.89. The molecule has 2 unspecified atom stereocenters. The van der Waals surface area contributed by atoms with Crippen LogP contribution in [-0.2, 0) is 16.8 Å². The molecular formula is C27H29N3O2. The summed E-state index contributed by atoms with van der Waals surface area (Å²) in [5.74, 6) is -0.190. The van der Waals surface area contributed by atoms with Crippen LogP contribution in [0.5, 0.6) is 0 Å². The van der Waals surface area contributed by atoms with E-state index in [4.69, 9.17) is 0 Å². The Bertz CT molecular complexity index is 1200. The normalized spacial score (nSPS) is 25.6. The number of nitrogens with zero attached hydrogens (tertiary/aromatic N) is 2. The minimum atomic E-state index is -1.48. The minimum absolute atomic E-state index is 0.116. The van der Waals surface area contributed by atoms with E-state index in [1.165, 1.54) is 21.9 Å². The van der Waals surface area contributed by atoms with Gasteiger partial charge in [-0.3, -0.25) is 9.69 Å². The summed E-state index contributed by atoms with van der Waals surface area (Å²) in [7, 11) is 1.77. The molecule has 1 amide bonds. The Hall–Kier alpha value is -2.73. The van der Waals surface area contributed by atoms with Crippen molar-refractivity contribution in [2.24, 2.45) is 0 Å². The molecule has 0 spiro atoms. The molecule has 3 aromatic rings. The van der Waals surface area contributed by atoms with E-state index >= 15 is 0 Å². The van der Waals surface area contributed by atoms with Crippen LogP contribution in [0.1, 0.15) is 35.6 Å². The lowest BCUT2D eigenvalue weighted by molar-refractivity contribution is -0.136. The largest absolute Gasteiger partial charge is 0.374 e. The second-order valence-corrected chi connectivity index (χ2v) is 9.43. The first-order valence-corrected chi connectivity index (χ1v) is 11.7. The zero-order valence-corrected chi connectivity index (χ0v) is 18.4. The SMILES string of the molecule is CNCC1(O)C(=O)N(C2CCN(C3Cc4cccc5cccc3c45)CC2)c2ccccc21. The van der Waals surface area contributed by atoms with E-state index in [0.29, 0.717) is 6.04 Å². The quantitative estimate of drug-likeness (QED) is 0.671. The summed E-state index contributed by atoms with van der Waals surface area (Å²) in [4.78, 5) is 17.9. The predicted octanol–water partition coefficient (Wildman–Crippen LogP) is 3.36. The number of carbonyl (C=O) groups excluding carboxylic acids is 1. The van der Waals surface area contributed by atoms with Crippen LogP contribution in [-0.4, -0.2) is 48.6 Å². The molecule has 0 bridgehead atoms. The fourth-order valence-corrected chi connectivity index (χ4v) is 6.24. The van der Waals surface area contributed by atoms with Crippen molar-refractivity contribution in [3.63, 3.8) is 0 Å². The molecule has 0 aromatic heterocycles. The van der Waals surface area contributed by atoms with Gasteiger partial charge in [-0.15, -0.1) is 0 Å². The van der Waals surface area contributed by atoms with Crippen LogP contribution in [0.2, 0.25) is 0 Å². The van der Waals surface area contributed by atoms with Gasteiger partial charge in [0.05, 0.1) is 5.69 Å². The van der Waals surface area contributed by atoms with Gasteiger partial charge in [-0.1, -0.05) is 54.6 Å². The Morgan fingerprint density at radius 3 is 2.56 bits per heavy atom. The zero-order valence-electron chi connectivity index (χ0n) is 18.4. The number of hydrogen-bond donors (Lipinski definition) is 2. The van der Waals surface area contributed by atoms with E-state index < -0.39 is 5.60 Å². The van der Waals surface area contributed by atoms with E-state index in [2.05, 4.69) is 46.6 Å². The standard InChI is InChI=1S/C27H29N3O2/c1-28-17-27(32)22-10-2-3-11-23(22)30(26(27)31)20-12-14-29(15-13-20)24-16-19-8-4-6-18-7-5-9-21(24)25(18)19/h2-11,20,24,28,32H,12-17H2,1H3. The molecular weight excluding hydrogens is 398 g/mol. The maximum atomic E-state index is 13.4. The van der Waals surface area contributed by atoms with E-state index in [1.54, 1.807) is 7.05 Å². The average molecular weight is 428 g/mol. The van der Waals surface area contributed by atoms with Crippen LogP contribution in [0.25, 0.3) is 10.8 Å². The number of nitrogens with one attached hydrogen (secondary N) is 1. The summed E-state index contributed by atoms with van der Waals surface area (Å²) in [5, 5.41) is 17.0. The van der Waals surface area contributed by atoms with Crippen molar-refractivity contribution in [3.8, 4) is 0 Å². The molecule has 6 rings (SSSR count). The van der Waals surface area contributed by atoms with E-state index in [1.807, 2.05) is 29.2 Å². The number of hydrogen-bond acceptors (Lipinski definition) is 4. The Kier molecular flexibility index (Phi) is 4.61. The van der Waals surface area contributed by atoms with Crippen molar-refractivity contribution >= 4 is 22.4 Å². The first-order chi connectivity index (χ1) is 15.6. The van der Waals surface area contributed by atoms with E-state index in [0.717, 1.165) is 43.6 Å². The number of fused-ring (bicyclic) bond motifs is 1. The van der Waals surface area contributed by atoms with Gasteiger partial charge < -0.3 is 15.3 Å². The maximum Gasteiger partial charge on any atom is 0.265 e. The molecule has 3 aliphatic rings. The molecule has 2 heterocycles. The van der Waals surface area contributed by atoms with Gasteiger partial charge in [0, 0.05) is 37.3 Å². The van der Waals surface area contributed by atoms with Crippen LogP contribution >= 0.6 is 0 Å². The van der Waals surface area contributed by atoms with Crippen molar-refractivity contribution in [1.29, 1.82) is 0 Å². The topological polar surface area (TPSA) is 55.8 Å². The van der Waals surface area contributed by atoms with Crippen LogP contribution in [0, 0.1) is 0 Å². The van der Waals surface area contributed by atoms with Gasteiger partial charge >= 0.3 is 0 Å². The number of aliphatic hydroxyl groups is 1. The summed E-state index contributed by atoms with van der Waals surface area (Å²) in [6, 6.07) is 21.6. The van der Waals surface area contributed by atoms with Crippen LogP contribution < -0.4 is 10.2 Å². The first kappa shape index (κ1) is 19.9. The van der Waals surface area contributed by atoms with Crippen molar-refractivity contribution in [2.75, 3.05) is 31.6 Å². The van der Waals surface area contributed by atoms with E-state index in [-0.39, 0.29) is 18.5 Å². The predicted molar refractivity (Wildman–Crippen MR) is 127 cm³/mol. The van der Waals surface area contributed by atoms with Crippen molar-refractivity contribution in [3.05, 3.63) is 77.4 Å². The molecule has 5 heteroatoms. The molecule has 0 radical (unpaired) electrons. The Balaban J connectivity index is 1.24. The smallest absolute Gasteiger partial charge is 0.265 e. The van der Waals surface area contributed by atoms with Crippen LogP contribution in [0.4, 0.5) is 5.69 Å². The molecule has 32 heavy (non-hydrogen) atoms. The van der Waals surface area contributed by atoms with Gasteiger partial charge in [0.15, 0.2) is 5.60 Å². The average Bonchev–Trinajstić information content (AvgIpc) is 3.30. The fourth-order valence-electron chi connectivity index (χ4n) is 6.24. The number of piperidine rings is 1. The minimum Gasteiger partial charge on any atom is -0.374 e. The number of carbonyl (C=O) groups is 1. The molecule has 2 atom stereocenters. The molecule has 3 aromatic carbocycles. The van der Waals surface area contributed by atoms with E-state index in [9.17, 15) is 9.90 Å². The third kappa shape index (κ3) is 2.78. The molecule has 2 N–H and O–H groups in total. The van der Waals surface area contributed by atoms with Crippen molar-refractivity contribution in [1.82, 2.24) is 10.2 Å². The Morgan fingerprint density at radius 1 is 1.03 bits per heavy atom. The lowest BCUT2D eigenvalue weighted by Crippen LogP contribution is -2.52. The number of anilines is 1. The Labute approximate surface area is 188 Å². The Morgan fingerprint density at radius 2 is 1.78 bits per heavy atom. The summed E-state index contributed by atoms with van der Waals surface area (Å²) in [6.45, 7) is 2.13. The lowest BCUT2D eigenvalue weighted by Gasteiger charge is -2.40. The molecule has 164 valence electrons. The van der Waals surface area contributed by atoms with Crippen LogP contribution in [0.15, 0.2) is 60.7 Å². The molecule has 5 nitrogen and oxygen atoms in total. The number of amides is 1. The monoisotopic (exact) mass is 427 g/mol. The second kappa shape index (κ2) is 7.41. The summed E-state index contributed by atoms with van der Waals surface area (Å²) in [5.41, 5.74) is 3.01. The van der Waals surface area contributed by atoms with Gasteiger partial charge in [0.2, 0.25) is 0 Å². The molecule has 1 aliphatic carbocycles. The highest BCUT2D eigenvalue weighted by Gasteiger charge is 2.51. The van der Waals surface area contributed by atoms with Crippen molar-refractivity contribution < 1.29 is 9.90 Å². The third-order valence-corrected chi connectivity index (χ3v) is 7.71. The lowest BCUT2D eigenvalue weighted by atomic mass is 9.95. The maximum absolute atomic E-state index is 13.4. The van der Waals surface area contributed by atoms with Crippen molar-refractivity contribution in [2.45, 2.75) is 36.9 Å². The zero-order chi connectivity index (χ0) is 21.9. The van der Waals surface area contributed by atoms with Crippen LogP contribution in [0.3, 0.4) is 0 Å². The summed E-state index contributed by atoms with van der Waals surface area (Å²) >= 11 is 0. The molecule has 1 saturated heterocycles. The highest BCUT2D eigenvalue weighted by molar-refractivity contribution is 6.07. The fraction of sp³-hybridized carbons (Fsp3) is 0.370. The number of rotatable bonds is 4. The van der Waals surface area contributed by atoms with Gasteiger partial charge in [-0.2, -0.15) is 0 Å². The second-order valence-electron chi connectivity index (χ2n) is 9.43. The third-order valence-electron chi connectivity index (χ3n) is 7.71. The first-order valence-electron chi connectivity index (χ1n) is 11.7. The highest BCUT2D eigenvalue weighted by Crippen LogP contribution is 2.44. The van der Waals surface area contributed by atoms with Gasteiger partial charge in [0.1, 0.15) is 0 Å². The number of para-hydroxylation sites is 1. The highest BCUT2D eigenvalue weighted by atomic mass is 16.3. The van der Waals surface area contributed by atoms with Gasteiger partial charge in [-0.05, 0) is 54.3 Å². The summed E-state index contributed by atoms with van der Waals surface area (Å²) < 4.78 is 0.